The highest BCUT2D eigenvalue weighted by atomic mass is 35.5. The smallest absolute Gasteiger partial charge is 0.238 e. The first-order valence-corrected chi connectivity index (χ1v) is 4.29. The van der Waals surface area contributed by atoms with E-state index in [0.717, 1.165) is 6.26 Å². The van der Waals surface area contributed by atoms with Crippen LogP contribution in [0.4, 0.5) is 0 Å². The Morgan fingerprint density at radius 3 is 2.90 bits per heavy atom. The Kier molecular flexibility index (Phi) is 5.60. The lowest BCUT2D eigenvalue weighted by Crippen LogP contribution is -1.95. The highest BCUT2D eigenvalue weighted by Gasteiger charge is 2.23. The molecule has 0 bridgehead atoms. The van der Waals surface area contributed by atoms with Crippen LogP contribution in [-0.4, -0.2) is 5.56 Å². The molecule has 0 aromatic rings. The molecule has 2 unspecified atom stereocenters. The molecule has 0 rings (SSSR count). The van der Waals surface area contributed by atoms with Crippen molar-refractivity contribution in [2.45, 2.75) is 18.9 Å². The summed E-state index contributed by atoms with van der Waals surface area (Å²) in [7, 11) is -2.13. The predicted octanol–water partition coefficient (Wildman–Crippen LogP) is 2.80. The van der Waals surface area contributed by atoms with Gasteiger partial charge in [0.1, 0.15) is 6.26 Å². The minimum atomic E-state index is -2.13. The highest BCUT2D eigenvalue weighted by molar-refractivity contribution is 7.33. The van der Waals surface area contributed by atoms with Gasteiger partial charge in [-0.3, -0.25) is 0 Å². The fourth-order valence-corrected chi connectivity index (χ4v) is 0.956. The molecule has 58 valence electrons. The van der Waals surface area contributed by atoms with Gasteiger partial charge in [0.15, 0.2) is 5.56 Å². The third-order valence-electron chi connectivity index (χ3n) is 0.682. The minimum absolute atomic E-state index is 0.552. The summed E-state index contributed by atoms with van der Waals surface area (Å²) < 4.78 is 19.6. The topological polar surface area (TPSA) is 35.5 Å². The largest absolute Gasteiger partial charge is 0.751 e. The van der Waals surface area contributed by atoms with E-state index in [4.69, 9.17) is 11.6 Å². The molecule has 0 spiro atoms. The summed E-state index contributed by atoms with van der Waals surface area (Å²) >= 11 is 5.48. The van der Waals surface area contributed by atoms with Crippen LogP contribution in [0.2, 0.25) is 0 Å². The summed E-state index contributed by atoms with van der Waals surface area (Å²) in [5.41, 5.74) is -0.552. The summed E-state index contributed by atoms with van der Waals surface area (Å²) in [6, 6.07) is 0. The van der Waals surface area contributed by atoms with Gasteiger partial charge < -0.3 is 0 Å². The maximum absolute atomic E-state index is 10.6. The maximum Gasteiger partial charge on any atom is 0.751 e. The maximum atomic E-state index is 10.6. The van der Waals surface area contributed by atoms with Crippen LogP contribution in [0, 0.1) is 0 Å². The molecular formula is C5H9ClO3P+. The number of halogens is 1. The van der Waals surface area contributed by atoms with Crippen LogP contribution < -0.4 is 0 Å². The van der Waals surface area contributed by atoms with Crippen molar-refractivity contribution in [2.24, 2.45) is 0 Å². The predicted molar refractivity (Wildman–Crippen MR) is 39.9 cm³/mol. The zero-order valence-electron chi connectivity index (χ0n) is 5.62. The van der Waals surface area contributed by atoms with Gasteiger partial charge in [-0.25, -0.2) is 4.52 Å². The average molecular weight is 184 g/mol. The van der Waals surface area contributed by atoms with E-state index in [9.17, 15) is 4.57 Å². The fraction of sp³-hybridized carbons (Fsp3) is 0.600. The molecule has 2 atom stereocenters. The van der Waals surface area contributed by atoms with Gasteiger partial charge >= 0.3 is 8.25 Å². The lowest BCUT2D eigenvalue weighted by Gasteiger charge is -1.92. The van der Waals surface area contributed by atoms with Gasteiger partial charge in [0.05, 0.1) is 0 Å². The van der Waals surface area contributed by atoms with Gasteiger partial charge in [0.25, 0.3) is 0 Å². The number of hydrogen-bond donors (Lipinski definition) is 0. The Hall–Kier alpha value is -0.110. The molecular weight excluding hydrogens is 174 g/mol. The zero-order chi connectivity index (χ0) is 7.98. The molecule has 0 radical (unpaired) electrons. The van der Waals surface area contributed by atoms with E-state index in [2.05, 4.69) is 15.6 Å². The molecule has 0 saturated carbocycles. The molecule has 0 fully saturated rings. The first-order chi connectivity index (χ1) is 4.70. The Labute approximate surface area is 65.9 Å². The monoisotopic (exact) mass is 183 g/mol. The van der Waals surface area contributed by atoms with Crippen molar-refractivity contribution in [1.82, 2.24) is 0 Å². The first-order valence-electron chi connectivity index (χ1n) is 2.76. The minimum Gasteiger partial charge on any atom is -0.238 e. The summed E-state index contributed by atoms with van der Waals surface area (Å²) in [4.78, 5) is 0. The molecule has 3 nitrogen and oxygen atoms in total. The van der Waals surface area contributed by atoms with Crippen molar-refractivity contribution in [1.29, 1.82) is 0 Å². The summed E-state index contributed by atoms with van der Waals surface area (Å²) in [5.74, 6) is 0. The second-order valence-electron chi connectivity index (χ2n) is 1.42. The molecule has 0 aliphatic heterocycles. The summed E-state index contributed by atoms with van der Waals surface area (Å²) in [6.45, 7) is 5.02. The van der Waals surface area contributed by atoms with E-state index in [1.54, 1.807) is 0 Å². The van der Waals surface area contributed by atoms with E-state index in [-0.39, 0.29) is 0 Å². The SMILES string of the molecule is C=CO[P+](=O)OC(Cl)CC. The quantitative estimate of drug-likeness (QED) is 0.374. The van der Waals surface area contributed by atoms with Crippen LogP contribution >= 0.6 is 19.9 Å². The third-order valence-corrected chi connectivity index (χ3v) is 1.95. The zero-order valence-corrected chi connectivity index (χ0v) is 7.27. The molecule has 0 aliphatic rings. The van der Waals surface area contributed by atoms with Gasteiger partial charge in [-0.05, 0) is 6.42 Å². The Balaban J connectivity index is 3.46. The highest BCUT2D eigenvalue weighted by Crippen LogP contribution is 2.28. The van der Waals surface area contributed by atoms with Gasteiger partial charge in [0.2, 0.25) is 0 Å². The van der Waals surface area contributed by atoms with Crippen LogP contribution in [0.25, 0.3) is 0 Å². The number of rotatable bonds is 5. The lowest BCUT2D eigenvalue weighted by atomic mass is 10.5. The summed E-state index contributed by atoms with van der Waals surface area (Å²) in [6.07, 6.45) is 1.64. The van der Waals surface area contributed by atoms with Crippen molar-refractivity contribution >= 4 is 19.9 Å². The van der Waals surface area contributed by atoms with Crippen molar-refractivity contribution < 1.29 is 13.6 Å². The number of hydrogen-bond acceptors (Lipinski definition) is 3. The third kappa shape index (κ3) is 4.74. The molecule has 0 aromatic carbocycles. The van der Waals surface area contributed by atoms with Gasteiger partial charge in [-0.2, -0.15) is 0 Å². The Bertz CT molecular complexity index is 128. The normalized spacial score (nSPS) is 14.0. The second kappa shape index (κ2) is 5.66. The summed E-state index contributed by atoms with van der Waals surface area (Å²) in [5, 5.41) is 0. The molecule has 0 aromatic heterocycles. The van der Waals surface area contributed by atoms with Crippen molar-refractivity contribution in [3.8, 4) is 0 Å². The van der Waals surface area contributed by atoms with Crippen molar-refractivity contribution in [3.05, 3.63) is 12.8 Å². The number of alkyl halides is 1. The average Bonchev–Trinajstić information content (AvgIpc) is 1.88. The molecule has 0 heterocycles. The van der Waals surface area contributed by atoms with E-state index >= 15 is 0 Å². The van der Waals surface area contributed by atoms with E-state index in [1.807, 2.05) is 6.92 Å². The molecule has 0 saturated heterocycles. The van der Waals surface area contributed by atoms with Crippen molar-refractivity contribution in [3.63, 3.8) is 0 Å². The van der Waals surface area contributed by atoms with Crippen LogP contribution in [-0.2, 0) is 13.6 Å². The van der Waals surface area contributed by atoms with Crippen LogP contribution in [0.5, 0.6) is 0 Å². The van der Waals surface area contributed by atoms with Gasteiger partial charge in [0, 0.05) is 4.57 Å². The van der Waals surface area contributed by atoms with Crippen molar-refractivity contribution in [2.75, 3.05) is 0 Å². The van der Waals surface area contributed by atoms with Crippen LogP contribution in [0.15, 0.2) is 12.8 Å². The van der Waals surface area contributed by atoms with Gasteiger partial charge in [-0.1, -0.05) is 29.6 Å². The van der Waals surface area contributed by atoms with Crippen LogP contribution in [0.3, 0.4) is 0 Å². The van der Waals surface area contributed by atoms with E-state index < -0.39 is 13.8 Å². The molecule has 0 N–H and O–H groups in total. The molecule has 5 heteroatoms. The van der Waals surface area contributed by atoms with E-state index in [1.165, 1.54) is 0 Å². The first kappa shape index (κ1) is 9.89. The fourth-order valence-electron chi connectivity index (χ4n) is 0.254. The lowest BCUT2D eigenvalue weighted by molar-refractivity contribution is 0.243. The molecule has 0 amide bonds. The molecule has 10 heavy (non-hydrogen) atoms. The molecule has 0 aliphatic carbocycles. The van der Waals surface area contributed by atoms with Gasteiger partial charge in [-0.15, -0.1) is 0 Å². The second-order valence-corrected chi connectivity index (χ2v) is 2.78. The standard InChI is InChI=1S/C5H9ClO3P/c1-3-5(6)9-10(7)8-4-2/h4-5H,2-3H2,1H3/q+1. The Morgan fingerprint density at radius 1 is 1.90 bits per heavy atom. The van der Waals surface area contributed by atoms with E-state index in [0.29, 0.717) is 6.42 Å². The van der Waals surface area contributed by atoms with Crippen LogP contribution in [0.1, 0.15) is 13.3 Å². The Morgan fingerprint density at radius 2 is 2.50 bits per heavy atom.